The molecule has 0 aromatic heterocycles. The van der Waals surface area contributed by atoms with Crippen LogP contribution in [0.5, 0.6) is 0 Å². The van der Waals surface area contributed by atoms with Gasteiger partial charge in [-0.25, -0.2) is 13.1 Å². The van der Waals surface area contributed by atoms with Gasteiger partial charge in [0.05, 0.1) is 23.0 Å². The number of halogens is 4. The predicted molar refractivity (Wildman–Crippen MR) is 94.6 cm³/mol. The average Bonchev–Trinajstić information content (AvgIpc) is 2.59. The number of alkyl halides is 3. The van der Waals surface area contributed by atoms with Crippen molar-refractivity contribution in [3.8, 4) is 0 Å². The molecular weight excluding hydrogens is 405 g/mol. The first-order chi connectivity index (χ1) is 12.5. The zero-order valence-corrected chi connectivity index (χ0v) is 15.6. The Bertz CT molecular complexity index is 933. The van der Waals surface area contributed by atoms with Gasteiger partial charge in [0.1, 0.15) is 0 Å². The number of benzene rings is 2. The quantitative estimate of drug-likeness (QED) is 0.750. The zero-order chi connectivity index (χ0) is 20.2. The number of hydrogen-bond acceptors (Lipinski definition) is 3. The molecular formula is C17H16ClF3N2O3S. The molecule has 0 spiro atoms. The molecule has 1 unspecified atom stereocenters. The molecule has 146 valence electrons. The number of hydrogen-bond donors (Lipinski definition) is 2. The van der Waals surface area contributed by atoms with E-state index in [1.54, 1.807) is 31.2 Å². The highest BCUT2D eigenvalue weighted by atomic mass is 35.5. The second-order valence-electron chi connectivity index (χ2n) is 5.69. The molecule has 0 saturated heterocycles. The van der Waals surface area contributed by atoms with Gasteiger partial charge >= 0.3 is 6.18 Å². The molecule has 2 N–H and O–H groups in total. The first-order valence-electron chi connectivity index (χ1n) is 7.71. The average molecular weight is 421 g/mol. The summed E-state index contributed by atoms with van der Waals surface area (Å²) in [5.41, 5.74) is -0.374. The van der Waals surface area contributed by atoms with Crippen LogP contribution in [-0.4, -0.2) is 20.9 Å². The maximum atomic E-state index is 12.7. The molecule has 1 amide bonds. The van der Waals surface area contributed by atoms with Crippen LogP contribution in [0.2, 0.25) is 5.02 Å². The van der Waals surface area contributed by atoms with Crippen molar-refractivity contribution in [3.63, 3.8) is 0 Å². The van der Waals surface area contributed by atoms with Crippen molar-refractivity contribution in [3.05, 3.63) is 64.7 Å². The Morgan fingerprint density at radius 2 is 1.81 bits per heavy atom. The topological polar surface area (TPSA) is 75.3 Å². The number of rotatable bonds is 6. The summed E-state index contributed by atoms with van der Waals surface area (Å²) >= 11 is 5.87. The summed E-state index contributed by atoms with van der Waals surface area (Å²) in [7, 11) is -4.28. The molecule has 27 heavy (non-hydrogen) atoms. The van der Waals surface area contributed by atoms with Crippen LogP contribution >= 0.6 is 11.6 Å². The SMILES string of the molecule is CC(NC(=O)CNS(=O)(=O)c1cccc(C(F)(F)F)c1)c1cccc(Cl)c1. The molecule has 0 aliphatic heterocycles. The summed E-state index contributed by atoms with van der Waals surface area (Å²) in [6, 6.07) is 9.60. The maximum Gasteiger partial charge on any atom is 0.416 e. The first-order valence-corrected chi connectivity index (χ1v) is 9.57. The van der Waals surface area contributed by atoms with Gasteiger partial charge in [-0.2, -0.15) is 13.2 Å². The van der Waals surface area contributed by atoms with E-state index in [1.165, 1.54) is 0 Å². The maximum absolute atomic E-state index is 12.7. The number of carbonyl (C=O) groups is 1. The number of sulfonamides is 1. The molecule has 0 saturated carbocycles. The van der Waals surface area contributed by atoms with Gasteiger partial charge in [-0.15, -0.1) is 0 Å². The van der Waals surface area contributed by atoms with Crippen LogP contribution in [0.3, 0.4) is 0 Å². The number of amides is 1. The number of nitrogens with one attached hydrogen (secondary N) is 2. The molecule has 10 heteroatoms. The molecule has 0 radical (unpaired) electrons. The minimum absolute atomic E-state index is 0.436. The minimum atomic E-state index is -4.67. The lowest BCUT2D eigenvalue weighted by Crippen LogP contribution is -2.38. The smallest absolute Gasteiger partial charge is 0.348 e. The van der Waals surface area contributed by atoms with Gasteiger partial charge in [0.15, 0.2) is 0 Å². The molecule has 0 aliphatic rings. The largest absolute Gasteiger partial charge is 0.416 e. The summed E-state index contributed by atoms with van der Waals surface area (Å²) in [6.07, 6.45) is -4.67. The lowest BCUT2D eigenvalue weighted by Gasteiger charge is -2.15. The Balaban J connectivity index is 2.01. The summed E-state index contributed by atoms with van der Waals surface area (Å²) in [6.45, 7) is 1.06. The van der Waals surface area contributed by atoms with Crippen molar-refractivity contribution in [2.24, 2.45) is 0 Å². The lowest BCUT2D eigenvalue weighted by atomic mass is 10.1. The van der Waals surface area contributed by atoms with Gasteiger partial charge in [-0.3, -0.25) is 4.79 Å². The van der Waals surface area contributed by atoms with Crippen molar-refractivity contribution < 1.29 is 26.4 Å². The van der Waals surface area contributed by atoms with Crippen molar-refractivity contribution in [1.29, 1.82) is 0 Å². The van der Waals surface area contributed by atoms with Gasteiger partial charge in [0.25, 0.3) is 0 Å². The third-order valence-electron chi connectivity index (χ3n) is 3.62. The number of carbonyl (C=O) groups excluding carboxylic acids is 1. The third kappa shape index (κ3) is 5.95. The highest BCUT2D eigenvalue weighted by Crippen LogP contribution is 2.30. The molecule has 1 atom stereocenters. The van der Waals surface area contributed by atoms with Crippen molar-refractivity contribution in [1.82, 2.24) is 10.0 Å². The molecule has 5 nitrogen and oxygen atoms in total. The molecule has 0 bridgehead atoms. The van der Waals surface area contributed by atoms with E-state index in [2.05, 4.69) is 5.32 Å². The molecule has 0 fully saturated rings. The Morgan fingerprint density at radius 1 is 1.15 bits per heavy atom. The summed E-state index contributed by atoms with van der Waals surface area (Å²) in [5.74, 6) is -0.641. The fourth-order valence-corrected chi connectivity index (χ4v) is 3.46. The standard InChI is InChI=1S/C17H16ClF3N2O3S/c1-11(12-4-2-6-14(18)8-12)23-16(24)10-22-27(25,26)15-7-3-5-13(9-15)17(19,20)21/h2-9,11,22H,10H2,1H3,(H,23,24). The zero-order valence-electron chi connectivity index (χ0n) is 14.0. The van der Waals surface area contributed by atoms with Crippen LogP contribution in [0, 0.1) is 0 Å². The van der Waals surface area contributed by atoms with Gasteiger partial charge in [-0.05, 0) is 42.8 Å². The molecule has 0 aliphatic carbocycles. The van der Waals surface area contributed by atoms with Gasteiger partial charge in [0, 0.05) is 5.02 Å². The van der Waals surface area contributed by atoms with E-state index in [9.17, 15) is 26.4 Å². The van der Waals surface area contributed by atoms with Crippen LogP contribution in [0.4, 0.5) is 13.2 Å². The highest BCUT2D eigenvalue weighted by Gasteiger charge is 2.31. The second-order valence-corrected chi connectivity index (χ2v) is 7.90. The Hall–Kier alpha value is -2.10. The lowest BCUT2D eigenvalue weighted by molar-refractivity contribution is -0.137. The second kappa shape index (κ2) is 8.28. The van der Waals surface area contributed by atoms with E-state index in [0.717, 1.165) is 23.8 Å². The van der Waals surface area contributed by atoms with E-state index in [1.807, 2.05) is 4.72 Å². The van der Waals surface area contributed by atoms with E-state index in [0.29, 0.717) is 11.1 Å². The third-order valence-corrected chi connectivity index (χ3v) is 5.25. The van der Waals surface area contributed by atoms with Gasteiger partial charge in [-0.1, -0.05) is 29.8 Å². The van der Waals surface area contributed by atoms with E-state index < -0.39 is 45.2 Å². The van der Waals surface area contributed by atoms with E-state index >= 15 is 0 Å². The Kier molecular flexibility index (Phi) is 6.50. The predicted octanol–water partition coefficient (Wildman–Crippen LogP) is 3.51. The van der Waals surface area contributed by atoms with Crippen molar-refractivity contribution in [2.45, 2.75) is 24.0 Å². The van der Waals surface area contributed by atoms with Gasteiger partial charge < -0.3 is 5.32 Å². The van der Waals surface area contributed by atoms with E-state index in [4.69, 9.17) is 11.6 Å². The summed E-state index contributed by atoms with van der Waals surface area (Å²) < 4.78 is 64.4. The van der Waals surface area contributed by atoms with Crippen LogP contribution in [0.15, 0.2) is 53.4 Å². The van der Waals surface area contributed by atoms with Crippen LogP contribution in [0.1, 0.15) is 24.1 Å². The monoisotopic (exact) mass is 420 g/mol. The Labute approximate surface area is 159 Å². The molecule has 2 rings (SSSR count). The fraction of sp³-hybridized carbons (Fsp3) is 0.235. The first kappa shape index (κ1) is 21.2. The fourth-order valence-electron chi connectivity index (χ4n) is 2.24. The molecule has 2 aromatic carbocycles. The van der Waals surface area contributed by atoms with Crippen LogP contribution < -0.4 is 10.0 Å². The van der Waals surface area contributed by atoms with Crippen molar-refractivity contribution >= 4 is 27.5 Å². The van der Waals surface area contributed by atoms with E-state index in [-0.39, 0.29) is 0 Å². The Morgan fingerprint density at radius 3 is 2.44 bits per heavy atom. The van der Waals surface area contributed by atoms with Crippen LogP contribution in [-0.2, 0) is 21.0 Å². The van der Waals surface area contributed by atoms with Gasteiger partial charge in [0.2, 0.25) is 15.9 Å². The molecule has 2 aromatic rings. The normalized spacial score (nSPS) is 13.2. The summed E-state index contributed by atoms with van der Waals surface area (Å²) in [5, 5.41) is 3.06. The van der Waals surface area contributed by atoms with Crippen LogP contribution in [0.25, 0.3) is 0 Å². The molecule has 0 heterocycles. The summed E-state index contributed by atoms with van der Waals surface area (Å²) in [4.78, 5) is 11.4. The highest BCUT2D eigenvalue weighted by molar-refractivity contribution is 7.89. The van der Waals surface area contributed by atoms with Crippen molar-refractivity contribution in [2.75, 3.05) is 6.54 Å². The minimum Gasteiger partial charge on any atom is -0.348 e.